The Balaban J connectivity index is 1.96. The van der Waals surface area contributed by atoms with Gasteiger partial charge in [0.25, 0.3) is 0 Å². The van der Waals surface area contributed by atoms with Gasteiger partial charge in [0.1, 0.15) is 6.33 Å². The van der Waals surface area contributed by atoms with E-state index in [2.05, 4.69) is 20.5 Å². The second-order valence-electron chi connectivity index (χ2n) is 4.23. The van der Waals surface area contributed by atoms with Gasteiger partial charge in [-0.15, -0.1) is 21.8 Å². The summed E-state index contributed by atoms with van der Waals surface area (Å²) in [4.78, 5) is 4.30. The molecule has 2 heterocycles. The Hall–Kier alpha value is -1.36. The number of halogens is 1. The normalized spacial score (nSPS) is 18.3. The van der Waals surface area contributed by atoms with E-state index >= 15 is 0 Å². The molecular weight excluding hydrogens is 226 g/mol. The third-order valence-corrected chi connectivity index (χ3v) is 3.68. The summed E-state index contributed by atoms with van der Waals surface area (Å²) in [5.74, 6) is 1.37. The highest BCUT2D eigenvalue weighted by Crippen LogP contribution is 2.36. The maximum Gasteiger partial charge on any atom is 0.203 e. The molecule has 0 bridgehead atoms. The molecule has 0 aromatic carbocycles. The van der Waals surface area contributed by atoms with Crippen molar-refractivity contribution < 1.29 is 0 Å². The van der Waals surface area contributed by atoms with E-state index in [0.717, 1.165) is 24.3 Å². The third-order valence-electron chi connectivity index (χ3n) is 3.17. The van der Waals surface area contributed by atoms with Crippen LogP contribution in [0.1, 0.15) is 19.3 Å². The molecule has 0 radical (unpaired) electrons. The van der Waals surface area contributed by atoms with E-state index in [9.17, 15) is 0 Å². The first-order chi connectivity index (χ1) is 7.83. The Kier molecular flexibility index (Phi) is 2.21. The van der Waals surface area contributed by atoms with Crippen LogP contribution in [0.4, 0.5) is 5.82 Å². The summed E-state index contributed by atoms with van der Waals surface area (Å²) in [7, 11) is 0. The molecule has 84 valence electrons. The molecule has 0 atom stereocenters. The third kappa shape index (κ3) is 1.43. The van der Waals surface area contributed by atoms with Crippen LogP contribution >= 0.6 is 11.6 Å². The molecule has 16 heavy (non-hydrogen) atoms. The van der Waals surface area contributed by atoms with Crippen molar-refractivity contribution in [2.75, 3.05) is 11.2 Å². The smallest absolute Gasteiger partial charge is 0.203 e. The topological polar surface area (TPSA) is 55.1 Å². The fourth-order valence-electron chi connectivity index (χ4n) is 1.99. The zero-order valence-corrected chi connectivity index (χ0v) is 9.48. The van der Waals surface area contributed by atoms with Crippen molar-refractivity contribution in [3.63, 3.8) is 0 Å². The molecular formula is C10H12ClN5. The van der Waals surface area contributed by atoms with Crippen LogP contribution in [0.15, 0.2) is 18.7 Å². The summed E-state index contributed by atoms with van der Waals surface area (Å²) < 4.78 is 1.84. The molecule has 0 spiro atoms. The van der Waals surface area contributed by atoms with E-state index in [-0.39, 0.29) is 5.54 Å². The van der Waals surface area contributed by atoms with Crippen molar-refractivity contribution in [1.82, 2.24) is 19.6 Å². The minimum atomic E-state index is 0.00233. The Bertz CT molecular complexity index is 499. The first kappa shape index (κ1) is 9.84. The monoisotopic (exact) mass is 237 g/mol. The molecule has 6 heteroatoms. The van der Waals surface area contributed by atoms with E-state index in [1.54, 1.807) is 12.5 Å². The van der Waals surface area contributed by atoms with Crippen molar-refractivity contribution in [1.29, 1.82) is 0 Å². The molecule has 0 unspecified atom stereocenters. The largest absolute Gasteiger partial charge is 0.360 e. The van der Waals surface area contributed by atoms with E-state index in [1.807, 2.05) is 10.6 Å². The highest BCUT2D eigenvalue weighted by molar-refractivity contribution is 6.19. The quantitative estimate of drug-likeness (QED) is 0.826. The predicted octanol–water partition coefficient (Wildman–Crippen LogP) is 1.70. The summed E-state index contributed by atoms with van der Waals surface area (Å²) in [5, 5.41) is 11.3. The first-order valence-corrected chi connectivity index (χ1v) is 5.85. The fourth-order valence-corrected chi connectivity index (χ4v) is 2.33. The van der Waals surface area contributed by atoms with Gasteiger partial charge in [-0.3, -0.25) is 4.40 Å². The van der Waals surface area contributed by atoms with Crippen LogP contribution in [-0.4, -0.2) is 31.0 Å². The van der Waals surface area contributed by atoms with Gasteiger partial charge in [0.05, 0.1) is 5.54 Å². The van der Waals surface area contributed by atoms with Crippen molar-refractivity contribution in [3.8, 4) is 0 Å². The number of anilines is 1. The summed E-state index contributed by atoms with van der Waals surface area (Å²) in [6, 6.07) is 0. The number of rotatable bonds is 3. The number of nitrogens with zero attached hydrogens (tertiary/aromatic N) is 4. The molecule has 1 aliphatic rings. The van der Waals surface area contributed by atoms with Gasteiger partial charge in [-0.25, -0.2) is 4.98 Å². The lowest BCUT2D eigenvalue weighted by atomic mass is 9.78. The highest BCUT2D eigenvalue weighted by atomic mass is 35.5. The summed E-state index contributed by atoms with van der Waals surface area (Å²) in [6.45, 7) is 0. The fraction of sp³-hybridized carbons (Fsp3) is 0.500. The average molecular weight is 238 g/mol. The lowest BCUT2D eigenvalue weighted by Crippen LogP contribution is -2.47. The molecule has 0 saturated heterocycles. The molecule has 1 N–H and O–H groups in total. The number of hydrogen-bond donors (Lipinski definition) is 1. The standard InChI is InChI=1S/C10H12ClN5/c11-6-10(2-1-3-10)14-8-9-15-13-7-16(9)5-4-12-8/h4-5,7H,1-3,6H2,(H,12,14). The van der Waals surface area contributed by atoms with Gasteiger partial charge in [-0.2, -0.15) is 0 Å². The second-order valence-corrected chi connectivity index (χ2v) is 4.50. The number of hydrogen-bond acceptors (Lipinski definition) is 4. The Morgan fingerprint density at radius 1 is 1.50 bits per heavy atom. The lowest BCUT2D eigenvalue weighted by molar-refractivity contribution is 0.310. The molecule has 0 aliphatic heterocycles. The SMILES string of the molecule is ClCC1(Nc2nccn3cnnc23)CCC1. The van der Waals surface area contributed by atoms with Crippen molar-refractivity contribution in [3.05, 3.63) is 18.7 Å². The summed E-state index contributed by atoms with van der Waals surface area (Å²) >= 11 is 6.00. The van der Waals surface area contributed by atoms with Crippen LogP contribution in [0.3, 0.4) is 0 Å². The molecule has 0 amide bonds. The molecule has 2 aromatic rings. The maximum absolute atomic E-state index is 6.00. The van der Waals surface area contributed by atoms with E-state index in [4.69, 9.17) is 11.6 Å². The average Bonchev–Trinajstić information content (AvgIpc) is 2.72. The number of nitrogens with one attached hydrogen (secondary N) is 1. The molecule has 3 rings (SSSR count). The van der Waals surface area contributed by atoms with E-state index in [0.29, 0.717) is 5.88 Å². The van der Waals surface area contributed by atoms with Crippen LogP contribution in [0.25, 0.3) is 5.65 Å². The van der Waals surface area contributed by atoms with E-state index in [1.165, 1.54) is 6.42 Å². The van der Waals surface area contributed by atoms with Crippen LogP contribution < -0.4 is 5.32 Å². The van der Waals surface area contributed by atoms with Gasteiger partial charge in [-0.1, -0.05) is 0 Å². The Morgan fingerprint density at radius 3 is 3.06 bits per heavy atom. The minimum absolute atomic E-state index is 0.00233. The van der Waals surface area contributed by atoms with Gasteiger partial charge >= 0.3 is 0 Å². The summed E-state index contributed by atoms with van der Waals surface area (Å²) in [6.07, 6.45) is 8.63. The molecule has 1 fully saturated rings. The van der Waals surface area contributed by atoms with Crippen LogP contribution in [0.5, 0.6) is 0 Å². The zero-order valence-electron chi connectivity index (χ0n) is 8.73. The maximum atomic E-state index is 6.00. The molecule has 1 saturated carbocycles. The highest BCUT2D eigenvalue weighted by Gasteiger charge is 2.36. The number of aromatic nitrogens is 4. The first-order valence-electron chi connectivity index (χ1n) is 5.31. The van der Waals surface area contributed by atoms with Crippen molar-refractivity contribution in [2.24, 2.45) is 0 Å². The zero-order chi connectivity index (χ0) is 11.0. The van der Waals surface area contributed by atoms with Crippen LogP contribution in [-0.2, 0) is 0 Å². The second kappa shape index (κ2) is 3.59. The van der Waals surface area contributed by atoms with Gasteiger partial charge in [-0.05, 0) is 19.3 Å². The predicted molar refractivity (Wildman–Crippen MR) is 61.7 cm³/mol. The van der Waals surface area contributed by atoms with Crippen LogP contribution in [0, 0.1) is 0 Å². The lowest BCUT2D eigenvalue weighted by Gasteiger charge is -2.41. The molecule has 2 aromatic heterocycles. The van der Waals surface area contributed by atoms with Gasteiger partial charge in [0, 0.05) is 18.3 Å². The van der Waals surface area contributed by atoms with Gasteiger partial charge in [0.2, 0.25) is 5.65 Å². The van der Waals surface area contributed by atoms with Crippen molar-refractivity contribution in [2.45, 2.75) is 24.8 Å². The number of alkyl halides is 1. The molecule has 5 nitrogen and oxygen atoms in total. The Morgan fingerprint density at radius 2 is 2.38 bits per heavy atom. The molecule has 1 aliphatic carbocycles. The van der Waals surface area contributed by atoms with Crippen LogP contribution in [0.2, 0.25) is 0 Å². The Labute approximate surface area is 97.8 Å². The van der Waals surface area contributed by atoms with E-state index < -0.39 is 0 Å². The van der Waals surface area contributed by atoms with Gasteiger partial charge in [0.15, 0.2) is 5.82 Å². The minimum Gasteiger partial charge on any atom is -0.360 e. The van der Waals surface area contributed by atoms with Gasteiger partial charge < -0.3 is 5.32 Å². The number of fused-ring (bicyclic) bond motifs is 1. The summed E-state index contributed by atoms with van der Waals surface area (Å²) in [5.41, 5.74) is 0.751. The van der Waals surface area contributed by atoms with Crippen molar-refractivity contribution >= 4 is 23.1 Å².